The molecule has 0 fully saturated rings. The topological polar surface area (TPSA) is 24.5 Å². The molecule has 0 aliphatic carbocycles. The summed E-state index contributed by atoms with van der Waals surface area (Å²) in [5.74, 6) is 1.01. The van der Waals surface area contributed by atoms with Crippen LogP contribution in [0.2, 0.25) is 0 Å². The number of hydrogen-bond donors (Lipinski definition) is 1. The number of rotatable bonds is 9. The molecule has 2 aromatic rings. The van der Waals surface area contributed by atoms with E-state index in [-0.39, 0.29) is 0 Å². The van der Waals surface area contributed by atoms with E-state index in [0.717, 1.165) is 44.8 Å². The van der Waals surface area contributed by atoms with Crippen molar-refractivity contribution in [2.24, 2.45) is 0 Å². The maximum atomic E-state index is 5.94. The third-order valence-electron chi connectivity index (χ3n) is 3.72. The summed E-state index contributed by atoms with van der Waals surface area (Å²) in [6.45, 7) is 5.90. The smallest absolute Gasteiger partial charge is 0.124 e. The zero-order chi connectivity index (χ0) is 15.8. The second-order valence-corrected chi connectivity index (χ2v) is 5.95. The highest BCUT2D eigenvalue weighted by Crippen LogP contribution is 2.28. The molecule has 0 unspecified atom stereocenters. The van der Waals surface area contributed by atoms with E-state index >= 15 is 0 Å². The summed E-state index contributed by atoms with van der Waals surface area (Å²) in [5.41, 5.74) is 1.27. The van der Waals surface area contributed by atoms with E-state index in [0.29, 0.717) is 0 Å². The lowest BCUT2D eigenvalue weighted by Gasteiger charge is -2.15. The first-order valence-corrected chi connectivity index (χ1v) is 8.21. The number of benzene rings is 2. The fourth-order valence-electron chi connectivity index (χ4n) is 2.58. The van der Waals surface area contributed by atoms with Crippen molar-refractivity contribution in [2.75, 3.05) is 33.8 Å². The normalized spacial score (nSPS) is 11.3. The first kappa shape index (κ1) is 16.8. The van der Waals surface area contributed by atoms with Gasteiger partial charge in [-0.15, -0.1) is 0 Å². The van der Waals surface area contributed by atoms with Gasteiger partial charge in [0.15, 0.2) is 0 Å². The van der Waals surface area contributed by atoms with Crippen molar-refractivity contribution in [2.45, 2.75) is 26.3 Å². The molecule has 120 valence electrons. The molecule has 3 nitrogen and oxygen atoms in total. The number of nitrogens with one attached hydrogen (secondary N) is 1. The Bertz CT molecular complexity index is 581. The van der Waals surface area contributed by atoms with E-state index in [9.17, 15) is 0 Å². The van der Waals surface area contributed by atoms with E-state index in [1.807, 2.05) is 0 Å². The van der Waals surface area contributed by atoms with Crippen LogP contribution in [0.4, 0.5) is 0 Å². The van der Waals surface area contributed by atoms with Gasteiger partial charge in [0, 0.05) is 12.1 Å². The fourth-order valence-corrected chi connectivity index (χ4v) is 2.58. The van der Waals surface area contributed by atoms with Crippen LogP contribution in [-0.2, 0) is 6.54 Å². The van der Waals surface area contributed by atoms with Crippen molar-refractivity contribution in [1.82, 2.24) is 10.2 Å². The lowest BCUT2D eigenvalue weighted by Crippen LogP contribution is -2.21. The lowest BCUT2D eigenvalue weighted by atomic mass is 10.0. The zero-order valence-corrected chi connectivity index (χ0v) is 14.1. The Morgan fingerprint density at radius 1 is 1.09 bits per heavy atom. The third-order valence-corrected chi connectivity index (χ3v) is 3.72. The Labute approximate surface area is 134 Å². The summed E-state index contributed by atoms with van der Waals surface area (Å²) < 4.78 is 5.94. The minimum Gasteiger partial charge on any atom is -0.493 e. The van der Waals surface area contributed by atoms with Crippen LogP contribution in [0, 0.1) is 0 Å². The second kappa shape index (κ2) is 8.76. The number of nitrogens with zero attached hydrogens (tertiary/aromatic N) is 1. The van der Waals surface area contributed by atoms with Crippen LogP contribution >= 0.6 is 0 Å². The minimum absolute atomic E-state index is 0.770. The molecule has 0 amide bonds. The molecule has 0 bridgehead atoms. The molecule has 0 aliphatic rings. The highest BCUT2D eigenvalue weighted by Gasteiger charge is 2.08. The highest BCUT2D eigenvalue weighted by atomic mass is 16.5. The van der Waals surface area contributed by atoms with Crippen LogP contribution in [0.1, 0.15) is 25.3 Å². The predicted octanol–water partition coefficient (Wildman–Crippen LogP) is 3.67. The van der Waals surface area contributed by atoms with Crippen LogP contribution in [0.3, 0.4) is 0 Å². The summed E-state index contributed by atoms with van der Waals surface area (Å²) in [6, 6.07) is 12.8. The largest absolute Gasteiger partial charge is 0.493 e. The van der Waals surface area contributed by atoms with Gasteiger partial charge in [0.2, 0.25) is 0 Å². The summed E-state index contributed by atoms with van der Waals surface area (Å²) in [4.78, 5) is 2.22. The molecule has 1 N–H and O–H groups in total. The lowest BCUT2D eigenvalue weighted by molar-refractivity contribution is 0.313. The summed E-state index contributed by atoms with van der Waals surface area (Å²) in [7, 11) is 4.22. The van der Waals surface area contributed by atoms with Crippen molar-refractivity contribution in [3.8, 4) is 5.75 Å². The highest BCUT2D eigenvalue weighted by molar-refractivity contribution is 5.87. The predicted molar refractivity (Wildman–Crippen MR) is 94.6 cm³/mol. The monoisotopic (exact) mass is 300 g/mol. The van der Waals surface area contributed by atoms with Crippen LogP contribution in [0.15, 0.2) is 36.4 Å². The van der Waals surface area contributed by atoms with Gasteiger partial charge >= 0.3 is 0 Å². The van der Waals surface area contributed by atoms with Gasteiger partial charge in [0.25, 0.3) is 0 Å². The summed E-state index contributed by atoms with van der Waals surface area (Å²) in [5, 5.41) is 6.12. The van der Waals surface area contributed by atoms with Crippen molar-refractivity contribution >= 4 is 10.8 Å². The minimum atomic E-state index is 0.770. The van der Waals surface area contributed by atoms with Gasteiger partial charge in [0.1, 0.15) is 5.75 Å². The molecule has 0 heterocycles. The van der Waals surface area contributed by atoms with Crippen LogP contribution in [0.5, 0.6) is 5.75 Å². The summed E-state index contributed by atoms with van der Waals surface area (Å²) in [6.07, 6.45) is 2.19. The van der Waals surface area contributed by atoms with E-state index < -0.39 is 0 Å². The van der Waals surface area contributed by atoms with Gasteiger partial charge in [0.05, 0.1) is 6.61 Å². The molecular formula is C19H28N2O. The van der Waals surface area contributed by atoms with E-state index in [1.54, 1.807) is 0 Å². The maximum absolute atomic E-state index is 5.94. The average molecular weight is 300 g/mol. The summed E-state index contributed by atoms with van der Waals surface area (Å²) >= 11 is 0. The molecule has 0 atom stereocenters. The van der Waals surface area contributed by atoms with E-state index in [1.165, 1.54) is 16.3 Å². The molecule has 0 saturated heterocycles. The molecule has 0 spiro atoms. The maximum Gasteiger partial charge on any atom is 0.124 e. The van der Waals surface area contributed by atoms with Crippen LogP contribution in [0.25, 0.3) is 10.8 Å². The molecule has 3 heteroatoms. The van der Waals surface area contributed by atoms with Crippen molar-refractivity contribution in [3.63, 3.8) is 0 Å². The molecule has 0 radical (unpaired) electrons. The first-order valence-electron chi connectivity index (χ1n) is 8.21. The Morgan fingerprint density at radius 3 is 2.68 bits per heavy atom. The van der Waals surface area contributed by atoms with Crippen LogP contribution in [-0.4, -0.2) is 38.7 Å². The van der Waals surface area contributed by atoms with Crippen molar-refractivity contribution < 1.29 is 4.74 Å². The Hall–Kier alpha value is -1.58. The Kier molecular flexibility index (Phi) is 6.69. The average Bonchev–Trinajstić information content (AvgIpc) is 2.53. The van der Waals surface area contributed by atoms with Gasteiger partial charge in [-0.25, -0.2) is 0 Å². The third kappa shape index (κ3) is 4.72. The second-order valence-electron chi connectivity index (χ2n) is 5.95. The molecule has 22 heavy (non-hydrogen) atoms. The Morgan fingerprint density at radius 2 is 1.91 bits per heavy atom. The molecule has 0 saturated carbocycles. The van der Waals surface area contributed by atoms with Gasteiger partial charge in [-0.05, 0) is 56.9 Å². The Balaban J connectivity index is 2.09. The standard InChI is InChI=1S/C19H28N2O/c1-4-14-22-19-11-10-16-8-5-6-9-17(16)18(19)15-20-12-7-13-21(2)3/h5-6,8-11,20H,4,7,12-15H2,1-3H3. The van der Waals surface area contributed by atoms with Gasteiger partial charge in [-0.2, -0.15) is 0 Å². The molecule has 2 aromatic carbocycles. The zero-order valence-electron chi connectivity index (χ0n) is 14.1. The number of ether oxygens (including phenoxy) is 1. The SMILES string of the molecule is CCCOc1ccc2ccccc2c1CNCCCN(C)C. The van der Waals surface area contributed by atoms with E-state index in [2.05, 4.69) is 67.6 Å². The molecule has 2 rings (SSSR count). The van der Waals surface area contributed by atoms with Crippen molar-refractivity contribution in [1.29, 1.82) is 0 Å². The number of fused-ring (bicyclic) bond motifs is 1. The quantitative estimate of drug-likeness (QED) is 0.715. The number of hydrogen-bond acceptors (Lipinski definition) is 3. The molecule has 0 aliphatic heterocycles. The van der Waals surface area contributed by atoms with Crippen molar-refractivity contribution in [3.05, 3.63) is 42.0 Å². The molecule has 0 aromatic heterocycles. The van der Waals surface area contributed by atoms with Gasteiger partial charge < -0.3 is 15.0 Å². The van der Waals surface area contributed by atoms with E-state index in [4.69, 9.17) is 4.74 Å². The molecular weight excluding hydrogens is 272 g/mol. The van der Waals surface area contributed by atoms with Crippen LogP contribution < -0.4 is 10.1 Å². The van der Waals surface area contributed by atoms with Gasteiger partial charge in [-0.3, -0.25) is 0 Å². The van der Waals surface area contributed by atoms with Gasteiger partial charge in [-0.1, -0.05) is 37.3 Å². The first-order chi connectivity index (χ1) is 10.7. The fraction of sp³-hybridized carbons (Fsp3) is 0.474.